The number of carbonyl (C=O) groups excluding carboxylic acids is 2. The number of nitrogens with zero attached hydrogens (tertiary/aromatic N) is 2. The van der Waals surface area contributed by atoms with Gasteiger partial charge in [-0.15, -0.1) is 0 Å². The zero-order valence-electron chi connectivity index (χ0n) is 14.8. The lowest BCUT2D eigenvalue weighted by molar-refractivity contribution is -0.385. The summed E-state index contributed by atoms with van der Waals surface area (Å²) in [6, 6.07) is 7.16. The summed E-state index contributed by atoms with van der Waals surface area (Å²) >= 11 is 0. The van der Waals surface area contributed by atoms with Crippen molar-refractivity contribution in [3.63, 3.8) is 0 Å². The zero-order valence-corrected chi connectivity index (χ0v) is 14.8. The molecule has 0 saturated carbocycles. The fraction of sp³-hybridized carbons (Fsp3) is 0.125. The molecule has 2 aromatic carbocycles. The molecule has 0 aliphatic rings. The van der Waals surface area contributed by atoms with Crippen molar-refractivity contribution >= 4 is 34.7 Å². The van der Waals surface area contributed by atoms with E-state index in [4.69, 9.17) is 11.5 Å². The number of esters is 2. The summed E-state index contributed by atoms with van der Waals surface area (Å²) in [6.07, 6.45) is 0. The van der Waals surface area contributed by atoms with Crippen LogP contribution in [0.25, 0.3) is 0 Å². The summed E-state index contributed by atoms with van der Waals surface area (Å²) in [5.41, 5.74) is 10.9. The van der Waals surface area contributed by atoms with Crippen LogP contribution in [-0.4, -0.2) is 36.0 Å². The highest BCUT2D eigenvalue weighted by molar-refractivity contribution is 5.96. The predicted molar refractivity (Wildman–Crippen MR) is 97.7 cm³/mol. The maximum Gasteiger partial charge on any atom is 0.339 e. The van der Waals surface area contributed by atoms with Crippen LogP contribution in [0.15, 0.2) is 36.4 Å². The van der Waals surface area contributed by atoms with E-state index in [2.05, 4.69) is 9.47 Å². The average Bonchev–Trinajstić information content (AvgIpc) is 2.66. The second-order valence-electron chi connectivity index (χ2n) is 5.04. The zero-order chi connectivity index (χ0) is 21.4. The van der Waals surface area contributed by atoms with Gasteiger partial charge in [0, 0.05) is 24.3 Å². The first-order valence-corrected chi connectivity index (χ1v) is 7.36. The van der Waals surface area contributed by atoms with E-state index in [9.17, 15) is 29.8 Å². The number of nitro groups is 2. The van der Waals surface area contributed by atoms with Gasteiger partial charge in [-0.1, -0.05) is 0 Å². The molecule has 4 N–H and O–H groups in total. The molecule has 0 saturated heterocycles. The smallest absolute Gasteiger partial charge is 0.339 e. The summed E-state index contributed by atoms with van der Waals surface area (Å²) in [7, 11) is 2.42. The number of nitrogens with two attached hydrogens (primary N) is 2. The Morgan fingerprint density at radius 1 is 0.786 bits per heavy atom. The van der Waals surface area contributed by atoms with Gasteiger partial charge in [0.25, 0.3) is 11.4 Å². The van der Waals surface area contributed by atoms with E-state index in [1.54, 1.807) is 0 Å². The molecule has 12 nitrogen and oxygen atoms in total. The molecule has 148 valence electrons. The van der Waals surface area contributed by atoms with E-state index in [0.29, 0.717) is 0 Å². The van der Waals surface area contributed by atoms with Crippen LogP contribution >= 0.6 is 0 Å². The third-order valence-corrected chi connectivity index (χ3v) is 3.30. The molecule has 0 fully saturated rings. The van der Waals surface area contributed by atoms with Gasteiger partial charge in [0.05, 0.1) is 46.6 Å². The molecule has 0 aliphatic heterocycles. The Kier molecular flexibility index (Phi) is 7.38. The molecule has 0 spiro atoms. The Morgan fingerprint density at radius 2 is 1.11 bits per heavy atom. The summed E-state index contributed by atoms with van der Waals surface area (Å²) in [6.45, 7) is 0. The van der Waals surface area contributed by atoms with Gasteiger partial charge in [-0.25, -0.2) is 9.59 Å². The number of rotatable bonds is 4. The number of nitro benzene ring substituents is 2. The van der Waals surface area contributed by atoms with E-state index >= 15 is 0 Å². The Bertz CT molecular complexity index is 853. The van der Waals surface area contributed by atoms with Crippen molar-refractivity contribution in [2.45, 2.75) is 0 Å². The lowest BCUT2D eigenvalue weighted by Crippen LogP contribution is -2.05. The van der Waals surface area contributed by atoms with E-state index in [1.807, 2.05) is 0 Å². The van der Waals surface area contributed by atoms with E-state index in [1.165, 1.54) is 38.5 Å². The summed E-state index contributed by atoms with van der Waals surface area (Å²) < 4.78 is 8.86. The van der Waals surface area contributed by atoms with Gasteiger partial charge in [-0.2, -0.15) is 0 Å². The van der Waals surface area contributed by atoms with E-state index in [0.717, 1.165) is 12.1 Å². The van der Waals surface area contributed by atoms with Crippen LogP contribution in [0.5, 0.6) is 0 Å². The number of non-ortho nitro benzene ring substituents is 2. The van der Waals surface area contributed by atoms with E-state index < -0.39 is 21.8 Å². The van der Waals surface area contributed by atoms with Crippen molar-refractivity contribution in [1.29, 1.82) is 0 Å². The molecule has 0 amide bonds. The van der Waals surface area contributed by atoms with Gasteiger partial charge < -0.3 is 20.9 Å². The normalized spacial score (nSPS) is 9.50. The van der Waals surface area contributed by atoms with Crippen LogP contribution in [0.1, 0.15) is 20.7 Å². The van der Waals surface area contributed by atoms with E-state index in [-0.39, 0.29) is 33.9 Å². The lowest BCUT2D eigenvalue weighted by Gasteiger charge is -2.02. The Morgan fingerprint density at radius 3 is 1.32 bits per heavy atom. The molecule has 0 heterocycles. The summed E-state index contributed by atoms with van der Waals surface area (Å²) in [5, 5.41) is 20.7. The summed E-state index contributed by atoms with van der Waals surface area (Å²) in [5.74, 6) is -1.23. The van der Waals surface area contributed by atoms with Crippen molar-refractivity contribution in [1.82, 2.24) is 0 Å². The first-order chi connectivity index (χ1) is 13.1. The van der Waals surface area contributed by atoms with Crippen LogP contribution < -0.4 is 11.5 Å². The molecule has 0 aliphatic carbocycles. The molecule has 28 heavy (non-hydrogen) atoms. The Balaban J connectivity index is 0.000000280. The molecule has 12 heteroatoms. The second kappa shape index (κ2) is 9.47. The van der Waals surface area contributed by atoms with Crippen molar-refractivity contribution in [3.05, 3.63) is 67.8 Å². The van der Waals surface area contributed by atoms with Gasteiger partial charge in [0.1, 0.15) is 0 Å². The molecule has 0 atom stereocenters. The van der Waals surface area contributed by atoms with Crippen LogP contribution in [0.4, 0.5) is 22.7 Å². The number of hydrogen-bond donors (Lipinski definition) is 2. The monoisotopic (exact) mass is 392 g/mol. The maximum absolute atomic E-state index is 11.0. The van der Waals surface area contributed by atoms with Crippen LogP contribution in [0.3, 0.4) is 0 Å². The van der Waals surface area contributed by atoms with Gasteiger partial charge in [-0.3, -0.25) is 20.2 Å². The minimum atomic E-state index is -0.614. The first kappa shape index (κ1) is 21.8. The fourth-order valence-electron chi connectivity index (χ4n) is 1.92. The molecule has 0 unspecified atom stereocenters. The summed E-state index contributed by atoms with van der Waals surface area (Å²) in [4.78, 5) is 41.6. The minimum Gasteiger partial charge on any atom is -0.465 e. The SMILES string of the molecule is COC(=O)c1ccc([N+](=O)[O-])cc1N.COC(=O)c1ccc([N+](=O)[O-])cc1N. The lowest BCUT2D eigenvalue weighted by atomic mass is 10.1. The average molecular weight is 392 g/mol. The van der Waals surface area contributed by atoms with Crippen LogP contribution in [0, 0.1) is 20.2 Å². The molecular formula is C16H16N4O8. The second-order valence-corrected chi connectivity index (χ2v) is 5.04. The largest absolute Gasteiger partial charge is 0.465 e. The number of carbonyl (C=O) groups is 2. The van der Waals surface area contributed by atoms with Gasteiger partial charge >= 0.3 is 11.9 Å². The van der Waals surface area contributed by atoms with Gasteiger partial charge in [0.2, 0.25) is 0 Å². The van der Waals surface area contributed by atoms with Gasteiger partial charge in [0.15, 0.2) is 0 Å². The Labute approximate surface area is 157 Å². The number of methoxy groups -OCH3 is 2. The minimum absolute atomic E-state index is 0.0334. The number of ether oxygens (including phenoxy) is 2. The number of hydrogen-bond acceptors (Lipinski definition) is 10. The predicted octanol–water partition coefficient (Wildman–Crippen LogP) is 1.93. The highest BCUT2D eigenvalue weighted by Crippen LogP contribution is 2.21. The third kappa shape index (κ3) is 5.39. The number of nitrogen functional groups attached to an aromatic ring is 2. The topological polar surface area (TPSA) is 191 Å². The van der Waals surface area contributed by atoms with Crippen molar-refractivity contribution in [2.24, 2.45) is 0 Å². The van der Waals surface area contributed by atoms with Crippen LogP contribution in [-0.2, 0) is 9.47 Å². The Hall–Kier alpha value is -4.22. The number of anilines is 2. The molecule has 0 bridgehead atoms. The maximum atomic E-state index is 11.0. The van der Waals surface area contributed by atoms with Crippen molar-refractivity contribution < 1.29 is 28.9 Å². The first-order valence-electron chi connectivity index (χ1n) is 7.36. The standard InChI is InChI=1S/2C8H8N2O4/c2*1-14-8(11)6-3-2-5(10(12)13)4-7(6)9/h2*2-4H,9H2,1H3. The van der Waals surface area contributed by atoms with Gasteiger partial charge in [-0.05, 0) is 12.1 Å². The molecule has 2 rings (SSSR count). The van der Waals surface area contributed by atoms with Crippen LogP contribution in [0.2, 0.25) is 0 Å². The molecule has 0 radical (unpaired) electrons. The molecule has 0 aromatic heterocycles. The number of benzene rings is 2. The molecule has 2 aromatic rings. The molecular weight excluding hydrogens is 376 g/mol. The fourth-order valence-corrected chi connectivity index (χ4v) is 1.92. The highest BCUT2D eigenvalue weighted by atomic mass is 16.6. The quantitative estimate of drug-likeness (QED) is 0.336. The van der Waals surface area contributed by atoms with Crippen molar-refractivity contribution in [3.8, 4) is 0 Å². The van der Waals surface area contributed by atoms with Crippen molar-refractivity contribution in [2.75, 3.05) is 25.7 Å². The third-order valence-electron chi connectivity index (χ3n) is 3.30. The highest BCUT2D eigenvalue weighted by Gasteiger charge is 2.14.